The largest absolute Gasteiger partial charge is 0.352 e. The molecule has 0 saturated heterocycles. The normalized spacial score (nSPS) is 11.4. The van der Waals surface area contributed by atoms with E-state index in [1.165, 1.54) is 77.0 Å². The van der Waals surface area contributed by atoms with Crippen LogP contribution in [0, 0.1) is 0 Å². The highest BCUT2D eigenvalue weighted by atomic mass is 16.1. The maximum absolute atomic E-state index is 12.3. The van der Waals surface area contributed by atoms with Crippen molar-refractivity contribution >= 4 is 5.91 Å². The van der Waals surface area contributed by atoms with E-state index in [-0.39, 0.29) is 5.91 Å². The summed E-state index contributed by atoms with van der Waals surface area (Å²) < 4.78 is 0.733. The lowest BCUT2D eigenvalue weighted by molar-refractivity contribution is -0.853. The van der Waals surface area contributed by atoms with Gasteiger partial charge >= 0.3 is 0 Å². The predicted octanol–water partition coefficient (Wildman–Crippen LogP) is 6.98. The molecule has 3 heteroatoms. The number of amides is 1. The van der Waals surface area contributed by atoms with Crippen LogP contribution >= 0.6 is 0 Å². The van der Waals surface area contributed by atoms with Crippen LogP contribution in [0.5, 0.6) is 0 Å². The maximum Gasteiger partial charge on any atom is 0.230 e. The summed E-state index contributed by atoms with van der Waals surface area (Å²) in [7, 11) is 4.34. The van der Waals surface area contributed by atoms with Gasteiger partial charge in [0.1, 0.15) is 12.1 Å². The Morgan fingerprint density at radius 2 is 1.33 bits per heavy atom. The molecule has 0 radical (unpaired) electrons. The van der Waals surface area contributed by atoms with Crippen LogP contribution in [0.15, 0.2) is 42.6 Å². The summed E-state index contributed by atoms with van der Waals surface area (Å²) in [5.41, 5.74) is 2.12. The fourth-order valence-corrected chi connectivity index (χ4v) is 3.76. The van der Waals surface area contributed by atoms with Crippen LogP contribution < -0.4 is 5.32 Å². The second-order valence-electron chi connectivity index (χ2n) is 9.30. The number of nitrogens with zero attached hydrogens (tertiary/aromatic N) is 1. The molecule has 0 bridgehead atoms. The molecule has 1 N–H and O–H groups in total. The van der Waals surface area contributed by atoms with Crippen molar-refractivity contribution in [1.82, 2.24) is 5.32 Å². The minimum Gasteiger partial charge on any atom is -0.352 e. The van der Waals surface area contributed by atoms with E-state index in [1.807, 2.05) is 30.3 Å². The molecule has 0 fully saturated rings. The van der Waals surface area contributed by atoms with Gasteiger partial charge in [0.05, 0.1) is 20.6 Å². The predicted molar refractivity (Wildman–Crippen MR) is 130 cm³/mol. The number of hydrogen-bond acceptors (Lipinski definition) is 1. The first-order chi connectivity index (χ1) is 14.5. The molecule has 3 nitrogen and oxygen atoms in total. The number of carbonyl (C=O) groups is 1. The third-order valence-corrected chi connectivity index (χ3v) is 6.12. The number of benzene rings is 1. The zero-order chi connectivity index (χ0) is 22.1. The summed E-state index contributed by atoms with van der Waals surface area (Å²) in [5.74, 6) is 0.0600. The number of carbonyl (C=O) groups excluding carboxylic acids is 1. The molecule has 1 aromatic carbocycles. The first kappa shape index (κ1) is 26.4. The molecule has 0 aromatic heterocycles. The molecule has 1 amide bonds. The van der Waals surface area contributed by atoms with E-state index in [4.69, 9.17) is 0 Å². The van der Waals surface area contributed by atoms with Crippen molar-refractivity contribution in [3.63, 3.8) is 0 Å². The van der Waals surface area contributed by atoms with E-state index < -0.39 is 0 Å². The van der Waals surface area contributed by atoms with E-state index >= 15 is 0 Å². The lowest BCUT2D eigenvalue weighted by atomic mass is 10.0. The third-order valence-electron chi connectivity index (χ3n) is 6.12. The Morgan fingerprint density at radius 1 is 0.833 bits per heavy atom. The Hall–Kier alpha value is -1.61. The second-order valence-corrected chi connectivity index (χ2v) is 9.30. The lowest BCUT2D eigenvalue weighted by Crippen LogP contribution is -2.40. The van der Waals surface area contributed by atoms with Crippen molar-refractivity contribution in [2.75, 3.05) is 20.6 Å². The standard InChI is InChI=1S/C27H46N2O/c1-5-6-7-8-9-10-11-12-13-14-15-19-22-29(3,4)25(2)23-27(30)28-24-26-20-17-16-18-21-26/h16-18,20-21H,2,5-15,19,22-24H2,1,3-4H3/p+1. The quantitative estimate of drug-likeness (QED) is 0.203. The molecule has 0 aliphatic rings. The van der Waals surface area contributed by atoms with E-state index in [0.717, 1.165) is 22.3 Å². The Morgan fingerprint density at radius 3 is 1.87 bits per heavy atom. The van der Waals surface area contributed by atoms with E-state index in [9.17, 15) is 4.79 Å². The molecule has 1 aromatic rings. The summed E-state index contributed by atoms with van der Waals surface area (Å²) >= 11 is 0. The third kappa shape index (κ3) is 12.8. The van der Waals surface area contributed by atoms with Crippen molar-refractivity contribution in [2.24, 2.45) is 0 Å². The highest BCUT2D eigenvalue weighted by molar-refractivity contribution is 5.77. The SMILES string of the molecule is C=C(CC(=O)NCc1ccccc1)[N+](C)(C)CCCCCCCCCCCCCC. The molecule has 0 saturated carbocycles. The summed E-state index contributed by atoms with van der Waals surface area (Å²) in [4.78, 5) is 12.3. The molecule has 0 spiro atoms. The monoisotopic (exact) mass is 415 g/mol. The van der Waals surface area contributed by atoms with Crippen molar-refractivity contribution in [2.45, 2.75) is 96.9 Å². The van der Waals surface area contributed by atoms with Crippen LogP contribution in [0.4, 0.5) is 0 Å². The van der Waals surface area contributed by atoms with Gasteiger partial charge in [-0.1, -0.05) is 101 Å². The van der Waals surface area contributed by atoms with Gasteiger partial charge in [0.15, 0.2) is 0 Å². The van der Waals surface area contributed by atoms with Crippen molar-refractivity contribution in [3.8, 4) is 0 Å². The summed E-state index contributed by atoms with van der Waals surface area (Å²) in [5, 5.41) is 3.01. The second kappa shape index (κ2) is 16.1. The van der Waals surface area contributed by atoms with Crippen molar-refractivity contribution in [1.29, 1.82) is 0 Å². The van der Waals surface area contributed by atoms with E-state index in [0.29, 0.717) is 13.0 Å². The van der Waals surface area contributed by atoms with Gasteiger partial charge in [-0.2, -0.15) is 0 Å². The summed E-state index contributed by atoms with van der Waals surface area (Å²) in [6, 6.07) is 10.0. The van der Waals surface area contributed by atoms with E-state index in [2.05, 4.69) is 32.9 Å². The Labute approximate surface area is 186 Å². The molecule has 0 unspecified atom stereocenters. The summed E-state index contributed by atoms with van der Waals surface area (Å²) in [6.07, 6.45) is 16.8. The zero-order valence-electron chi connectivity index (χ0n) is 20.1. The summed E-state index contributed by atoms with van der Waals surface area (Å²) in [6.45, 7) is 8.13. The van der Waals surface area contributed by atoms with Gasteiger partial charge < -0.3 is 5.32 Å². The Bertz CT molecular complexity index is 580. The minimum absolute atomic E-state index is 0.0600. The van der Waals surface area contributed by atoms with Gasteiger partial charge in [-0.3, -0.25) is 9.28 Å². The van der Waals surface area contributed by atoms with Gasteiger partial charge in [0.2, 0.25) is 5.91 Å². The number of unbranched alkanes of at least 4 members (excludes halogenated alkanes) is 11. The average molecular weight is 416 g/mol. The van der Waals surface area contributed by atoms with Gasteiger partial charge in [-0.15, -0.1) is 0 Å². The van der Waals surface area contributed by atoms with Crippen LogP contribution in [-0.4, -0.2) is 31.0 Å². The van der Waals surface area contributed by atoms with Crippen LogP contribution in [0.2, 0.25) is 0 Å². The fraction of sp³-hybridized carbons (Fsp3) is 0.667. The number of hydrogen-bond donors (Lipinski definition) is 1. The minimum atomic E-state index is 0.0600. The molecule has 170 valence electrons. The Balaban J connectivity index is 2.06. The van der Waals surface area contributed by atoms with Crippen LogP contribution in [0.3, 0.4) is 0 Å². The van der Waals surface area contributed by atoms with Gasteiger partial charge in [-0.25, -0.2) is 0 Å². The smallest absolute Gasteiger partial charge is 0.230 e. The first-order valence-electron chi connectivity index (χ1n) is 12.3. The number of nitrogens with one attached hydrogen (secondary N) is 1. The molecule has 0 atom stereocenters. The molecule has 0 aliphatic heterocycles. The average Bonchev–Trinajstić information content (AvgIpc) is 2.73. The first-order valence-corrected chi connectivity index (χ1v) is 12.3. The van der Waals surface area contributed by atoms with Crippen LogP contribution in [-0.2, 0) is 11.3 Å². The Kier molecular flexibility index (Phi) is 14.2. The van der Waals surface area contributed by atoms with Crippen molar-refractivity contribution in [3.05, 3.63) is 48.2 Å². The highest BCUT2D eigenvalue weighted by Crippen LogP contribution is 2.17. The van der Waals surface area contributed by atoms with Crippen LogP contribution in [0.1, 0.15) is 96.0 Å². The van der Waals surface area contributed by atoms with Gasteiger partial charge in [0, 0.05) is 6.54 Å². The topological polar surface area (TPSA) is 29.1 Å². The van der Waals surface area contributed by atoms with Gasteiger partial charge in [-0.05, 0) is 25.0 Å². The molecule has 1 rings (SSSR count). The fourth-order valence-electron chi connectivity index (χ4n) is 3.76. The van der Waals surface area contributed by atoms with Crippen LogP contribution in [0.25, 0.3) is 0 Å². The molecule has 0 aliphatic carbocycles. The molecular weight excluding hydrogens is 368 g/mol. The number of quaternary nitrogens is 1. The van der Waals surface area contributed by atoms with Gasteiger partial charge in [0.25, 0.3) is 0 Å². The number of rotatable bonds is 18. The lowest BCUT2D eigenvalue weighted by Gasteiger charge is -2.31. The molecular formula is C27H47N2O+. The zero-order valence-corrected chi connectivity index (χ0v) is 20.1. The maximum atomic E-state index is 12.3. The van der Waals surface area contributed by atoms with E-state index in [1.54, 1.807) is 0 Å². The highest BCUT2D eigenvalue weighted by Gasteiger charge is 2.22. The van der Waals surface area contributed by atoms with Crippen molar-refractivity contribution < 1.29 is 9.28 Å². The molecule has 0 heterocycles. The molecule has 30 heavy (non-hydrogen) atoms.